The molecule has 0 radical (unpaired) electrons. The van der Waals surface area contributed by atoms with Crippen molar-refractivity contribution in [1.82, 2.24) is 9.97 Å². The summed E-state index contributed by atoms with van der Waals surface area (Å²) in [5.41, 5.74) is 0.472. The Balaban J connectivity index is 1.41. The smallest absolute Gasteiger partial charge is 0.277 e. The fraction of sp³-hybridized carbons (Fsp3) is 0.450. The first-order valence-corrected chi connectivity index (χ1v) is 10.8. The first-order chi connectivity index (χ1) is 13.6. The third kappa shape index (κ3) is 4.59. The topological polar surface area (TPSA) is 87.1 Å². The predicted molar refractivity (Wildman–Crippen MR) is 112 cm³/mol. The molecule has 0 atom stereocenters. The molecule has 3 N–H and O–H groups in total. The molecule has 1 heterocycles. The van der Waals surface area contributed by atoms with Gasteiger partial charge in [-0.3, -0.25) is 4.79 Å². The van der Waals surface area contributed by atoms with E-state index in [0.717, 1.165) is 17.7 Å². The lowest BCUT2D eigenvalue weighted by Crippen LogP contribution is -2.26. The summed E-state index contributed by atoms with van der Waals surface area (Å²) in [6.07, 6.45) is 8.34. The van der Waals surface area contributed by atoms with Gasteiger partial charge in [0.05, 0.1) is 18.3 Å². The van der Waals surface area contributed by atoms with E-state index in [1.807, 2.05) is 30.0 Å². The Bertz CT molecular complexity index is 869. The van der Waals surface area contributed by atoms with Crippen molar-refractivity contribution in [3.8, 4) is 0 Å². The molecule has 4 rings (SSSR count). The Morgan fingerprint density at radius 3 is 2.79 bits per heavy atom. The minimum atomic E-state index is -0.393. The van der Waals surface area contributed by atoms with Crippen molar-refractivity contribution < 1.29 is 9.90 Å². The lowest BCUT2D eigenvalue weighted by atomic mass is 10.3. The molecule has 2 aliphatic carbocycles. The van der Waals surface area contributed by atoms with Crippen LogP contribution in [-0.2, 0) is 0 Å². The van der Waals surface area contributed by atoms with E-state index in [0.29, 0.717) is 16.8 Å². The third-order valence-electron chi connectivity index (χ3n) is 5.19. The highest BCUT2D eigenvalue weighted by molar-refractivity contribution is 8.00. The van der Waals surface area contributed by atoms with E-state index in [1.54, 1.807) is 0 Å². The van der Waals surface area contributed by atoms with Crippen molar-refractivity contribution in [3.05, 3.63) is 41.3 Å². The Hall–Kier alpha value is -1.83. The molecule has 2 aromatic rings. The zero-order chi connectivity index (χ0) is 19.6. The van der Waals surface area contributed by atoms with Crippen molar-refractivity contribution in [2.45, 2.75) is 54.2 Å². The lowest BCUT2D eigenvalue weighted by molar-refractivity contribution is 0.102. The zero-order valence-corrected chi connectivity index (χ0v) is 17.0. The number of aliphatic hydroxyl groups excluding tert-OH is 1. The van der Waals surface area contributed by atoms with Crippen LogP contribution in [0.2, 0.25) is 5.15 Å². The molecular formula is C20H23ClN4O2S. The molecule has 6 nitrogen and oxygen atoms in total. The summed E-state index contributed by atoms with van der Waals surface area (Å²) >= 11 is 8.06. The van der Waals surface area contributed by atoms with Gasteiger partial charge in [-0.25, -0.2) is 9.97 Å². The number of nitrogens with zero attached hydrogens (tertiary/aromatic N) is 2. The van der Waals surface area contributed by atoms with Crippen LogP contribution in [0.25, 0.3) is 0 Å². The number of hydrogen-bond donors (Lipinski definition) is 3. The van der Waals surface area contributed by atoms with Crippen LogP contribution in [0.1, 0.15) is 49.0 Å². The van der Waals surface area contributed by atoms with E-state index >= 15 is 0 Å². The first kappa shape index (κ1) is 19.5. The van der Waals surface area contributed by atoms with Gasteiger partial charge in [0, 0.05) is 15.8 Å². The Morgan fingerprint density at radius 1 is 1.32 bits per heavy atom. The number of aliphatic hydroxyl groups is 1. The number of carbonyl (C=O) groups is 1. The van der Waals surface area contributed by atoms with Gasteiger partial charge in [0.25, 0.3) is 5.91 Å². The van der Waals surface area contributed by atoms with Gasteiger partial charge in [-0.15, -0.1) is 11.8 Å². The standard InChI is InChI=1S/C20H23ClN4O2S/c21-18-17(22-11-16(24-18)25-20(12-26)8-9-20)19(27)23-13-4-3-7-15(10-13)28-14-5-1-2-6-14/h3-4,7,10-11,14,26H,1-2,5-6,8-9,12H2,(H,23,27)(H,24,25). The number of rotatable bonds is 7. The summed E-state index contributed by atoms with van der Waals surface area (Å²) in [6, 6.07) is 7.85. The quantitative estimate of drug-likeness (QED) is 0.619. The maximum Gasteiger partial charge on any atom is 0.277 e. The van der Waals surface area contributed by atoms with Crippen molar-refractivity contribution in [1.29, 1.82) is 0 Å². The highest BCUT2D eigenvalue weighted by Crippen LogP contribution is 2.38. The Morgan fingerprint density at radius 2 is 2.11 bits per heavy atom. The SMILES string of the molecule is O=C(Nc1cccc(SC2CCCC2)c1)c1ncc(NC2(CO)CC2)nc1Cl. The van der Waals surface area contributed by atoms with E-state index in [1.165, 1.54) is 31.9 Å². The molecule has 2 fully saturated rings. The molecule has 0 saturated heterocycles. The van der Waals surface area contributed by atoms with Gasteiger partial charge in [0.1, 0.15) is 5.82 Å². The summed E-state index contributed by atoms with van der Waals surface area (Å²) in [5.74, 6) is 0.0680. The molecule has 8 heteroatoms. The molecule has 1 aromatic heterocycles. The molecule has 0 spiro atoms. The van der Waals surface area contributed by atoms with E-state index < -0.39 is 5.91 Å². The average Bonchev–Trinajstić information content (AvgIpc) is 3.26. The molecule has 1 amide bonds. The monoisotopic (exact) mass is 418 g/mol. The van der Waals surface area contributed by atoms with Gasteiger partial charge >= 0.3 is 0 Å². The van der Waals surface area contributed by atoms with Crippen LogP contribution >= 0.6 is 23.4 Å². The van der Waals surface area contributed by atoms with Crippen LogP contribution in [0.3, 0.4) is 0 Å². The number of thioether (sulfide) groups is 1. The van der Waals surface area contributed by atoms with Crippen molar-refractivity contribution in [2.24, 2.45) is 0 Å². The Kier molecular flexibility index (Phi) is 5.75. The molecule has 28 heavy (non-hydrogen) atoms. The molecule has 0 unspecified atom stereocenters. The third-order valence-corrected chi connectivity index (χ3v) is 6.79. The maximum absolute atomic E-state index is 12.6. The number of carbonyl (C=O) groups excluding carboxylic acids is 1. The summed E-state index contributed by atoms with van der Waals surface area (Å²) in [5, 5.41) is 16.1. The van der Waals surface area contributed by atoms with Crippen LogP contribution in [0.15, 0.2) is 35.4 Å². The van der Waals surface area contributed by atoms with Gasteiger partial charge in [-0.2, -0.15) is 0 Å². The molecule has 2 aliphatic rings. The average molecular weight is 419 g/mol. The molecule has 0 bridgehead atoms. The maximum atomic E-state index is 12.6. The summed E-state index contributed by atoms with van der Waals surface area (Å²) in [7, 11) is 0. The minimum Gasteiger partial charge on any atom is -0.394 e. The summed E-state index contributed by atoms with van der Waals surface area (Å²) < 4.78 is 0. The van der Waals surface area contributed by atoms with E-state index in [9.17, 15) is 9.90 Å². The van der Waals surface area contributed by atoms with E-state index in [-0.39, 0.29) is 23.0 Å². The van der Waals surface area contributed by atoms with Crippen LogP contribution in [0, 0.1) is 0 Å². The van der Waals surface area contributed by atoms with Gasteiger partial charge in [0.2, 0.25) is 0 Å². The van der Waals surface area contributed by atoms with E-state index in [4.69, 9.17) is 11.6 Å². The predicted octanol–water partition coefficient (Wildman–Crippen LogP) is 4.35. The number of halogens is 1. The van der Waals surface area contributed by atoms with Crippen LogP contribution < -0.4 is 10.6 Å². The molecule has 148 valence electrons. The van der Waals surface area contributed by atoms with Crippen molar-refractivity contribution >= 4 is 40.8 Å². The minimum absolute atomic E-state index is 0.0315. The number of benzene rings is 1. The Labute approximate surface area is 173 Å². The van der Waals surface area contributed by atoms with Gasteiger partial charge in [-0.05, 0) is 43.9 Å². The normalized spacial score (nSPS) is 18.1. The number of nitrogens with one attached hydrogen (secondary N) is 2. The number of aromatic nitrogens is 2. The molecular weight excluding hydrogens is 396 g/mol. The fourth-order valence-corrected chi connectivity index (χ4v) is 4.89. The zero-order valence-electron chi connectivity index (χ0n) is 15.4. The van der Waals surface area contributed by atoms with Crippen LogP contribution in [-0.4, -0.2) is 38.4 Å². The van der Waals surface area contributed by atoms with Crippen LogP contribution in [0.4, 0.5) is 11.5 Å². The second-order valence-corrected chi connectivity index (χ2v) is 9.20. The van der Waals surface area contributed by atoms with Crippen molar-refractivity contribution in [3.63, 3.8) is 0 Å². The second-order valence-electron chi connectivity index (χ2n) is 7.46. The largest absolute Gasteiger partial charge is 0.394 e. The first-order valence-electron chi connectivity index (χ1n) is 9.57. The van der Waals surface area contributed by atoms with E-state index in [2.05, 4.69) is 26.7 Å². The summed E-state index contributed by atoms with van der Waals surface area (Å²) in [6.45, 7) is 0.0315. The number of amides is 1. The fourth-order valence-electron chi connectivity index (χ4n) is 3.36. The van der Waals surface area contributed by atoms with Gasteiger partial charge in [0.15, 0.2) is 10.8 Å². The molecule has 2 saturated carbocycles. The highest BCUT2D eigenvalue weighted by Gasteiger charge is 2.42. The lowest BCUT2D eigenvalue weighted by Gasteiger charge is -2.15. The summed E-state index contributed by atoms with van der Waals surface area (Å²) in [4.78, 5) is 22.1. The number of anilines is 2. The highest BCUT2D eigenvalue weighted by atomic mass is 35.5. The van der Waals surface area contributed by atoms with Crippen LogP contribution in [0.5, 0.6) is 0 Å². The van der Waals surface area contributed by atoms with Gasteiger partial charge < -0.3 is 15.7 Å². The van der Waals surface area contributed by atoms with Crippen molar-refractivity contribution in [2.75, 3.05) is 17.2 Å². The second kappa shape index (κ2) is 8.27. The number of hydrogen-bond acceptors (Lipinski definition) is 6. The molecule has 0 aliphatic heterocycles. The molecule has 1 aromatic carbocycles. The van der Waals surface area contributed by atoms with Gasteiger partial charge in [-0.1, -0.05) is 30.5 Å².